The third-order valence-corrected chi connectivity index (χ3v) is 3.89. The average Bonchev–Trinajstić information content (AvgIpc) is 3.31. The molecule has 2 aromatic heterocycles. The van der Waals surface area contributed by atoms with E-state index in [1.165, 1.54) is 11.6 Å². The number of rotatable bonds is 6. The number of nitrogens with one attached hydrogen (secondary N) is 1. The van der Waals surface area contributed by atoms with Crippen molar-refractivity contribution in [2.75, 3.05) is 5.32 Å². The molecule has 25 heavy (non-hydrogen) atoms. The van der Waals surface area contributed by atoms with Gasteiger partial charge >= 0.3 is 0 Å². The summed E-state index contributed by atoms with van der Waals surface area (Å²) in [6.45, 7) is 4.16. The molecule has 0 aliphatic heterocycles. The van der Waals surface area contributed by atoms with Crippen molar-refractivity contribution in [2.24, 2.45) is 0 Å². The monoisotopic (exact) mass is 337 g/mol. The van der Waals surface area contributed by atoms with Gasteiger partial charge in [0.05, 0.1) is 6.26 Å². The summed E-state index contributed by atoms with van der Waals surface area (Å²) in [6.07, 6.45) is 6.26. The summed E-state index contributed by atoms with van der Waals surface area (Å²) in [6, 6.07) is 9.75. The molecule has 0 saturated heterocycles. The molecule has 3 aromatic rings. The molecule has 1 N–H and O–H groups in total. The standard InChI is InChI=1S/C19H19N3O3/c1-3-13-7-8-14(4-2)16(12-13)18-19(22-25-21-18)20-17(23)10-9-15-6-5-11-24-15/h5-12H,3-4H2,1-2H3,(H,20,22,23)/b10-9+. The molecule has 0 saturated carbocycles. The molecule has 1 amide bonds. The maximum absolute atomic E-state index is 12.1. The van der Waals surface area contributed by atoms with E-state index < -0.39 is 0 Å². The molecule has 6 heteroatoms. The van der Waals surface area contributed by atoms with Crippen molar-refractivity contribution in [1.29, 1.82) is 0 Å². The highest BCUT2D eigenvalue weighted by molar-refractivity contribution is 6.02. The van der Waals surface area contributed by atoms with Crippen molar-refractivity contribution < 1.29 is 13.8 Å². The first-order valence-electron chi connectivity index (χ1n) is 8.18. The van der Waals surface area contributed by atoms with Crippen LogP contribution in [0.4, 0.5) is 5.82 Å². The first-order chi connectivity index (χ1) is 12.2. The Labute approximate surface area is 145 Å². The minimum atomic E-state index is -0.335. The Bertz CT molecular complexity index is 879. The van der Waals surface area contributed by atoms with E-state index >= 15 is 0 Å². The van der Waals surface area contributed by atoms with Gasteiger partial charge in [-0.15, -0.1) is 0 Å². The van der Waals surface area contributed by atoms with E-state index in [1.54, 1.807) is 24.5 Å². The number of anilines is 1. The van der Waals surface area contributed by atoms with Gasteiger partial charge < -0.3 is 9.73 Å². The van der Waals surface area contributed by atoms with E-state index in [-0.39, 0.29) is 5.91 Å². The number of aryl methyl sites for hydroxylation is 2. The fraction of sp³-hybridized carbons (Fsp3) is 0.211. The number of carbonyl (C=O) groups is 1. The highest BCUT2D eigenvalue weighted by Gasteiger charge is 2.17. The quantitative estimate of drug-likeness (QED) is 0.685. The van der Waals surface area contributed by atoms with Crippen LogP contribution < -0.4 is 5.32 Å². The first-order valence-corrected chi connectivity index (χ1v) is 8.18. The lowest BCUT2D eigenvalue weighted by atomic mass is 9.98. The van der Waals surface area contributed by atoms with Crippen LogP contribution in [0, 0.1) is 0 Å². The third-order valence-electron chi connectivity index (χ3n) is 3.89. The summed E-state index contributed by atoms with van der Waals surface area (Å²) < 4.78 is 10.0. The Hall–Kier alpha value is -3.15. The van der Waals surface area contributed by atoms with Crippen LogP contribution in [0.3, 0.4) is 0 Å². The van der Waals surface area contributed by atoms with Gasteiger partial charge in [0.2, 0.25) is 11.7 Å². The second-order valence-corrected chi connectivity index (χ2v) is 5.50. The van der Waals surface area contributed by atoms with E-state index in [0.717, 1.165) is 24.0 Å². The Morgan fingerprint density at radius 2 is 2.08 bits per heavy atom. The molecule has 0 radical (unpaired) electrons. The number of hydrogen-bond acceptors (Lipinski definition) is 5. The number of benzene rings is 1. The molecule has 0 aliphatic rings. The van der Waals surface area contributed by atoms with Crippen LogP contribution in [0.15, 0.2) is 51.7 Å². The molecule has 2 heterocycles. The van der Waals surface area contributed by atoms with Crippen LogP contribution in [-0.4, -0.2) is 16.2 Å². The topological polar surface area (TPSA) is 81.2 Å². The van der Waals surface area contributed by atoms with Crippen molar-refractivity contribution in [3.8, 4) is 11.3 Å². The molecule has 3 rings (SSSR count). The summed E-state index contributed by atoms with van der Waals surface area (Å²) in [7, 11) is 0. The zero-order valence-electron chi connectivity index (χ0n) is 14.2. The van der Waals surface area contributed by atoms with Crippen LogP contribution in [0.25, 0.3) is 17.3 Å². The maximum Gasteiger partial charge on any atom is 0.249 e. The lowest BCUT2D eigenvalue weighted by molar-refractivity contribution is -0.111. The van der Waals surface area contributed by atoms with Crippen molar-refractivity contribution in [3.05, 3.63) is 59.6 Å². The smallest absolute Gasteiger partial charge is 0.249 e. The predicted octanol–water partition coefficient (Wildman–Crippen LogP) is 4.11. The van der Waals surface area contributed by atoms with Gasteiger partial charge in [-0.2, -0.15) is 0 Å². The predicted molar refractivity (Wildman–Crippen MR) is 94.9 cm³/mol. The highest BCUT2D eigenvalue weighted by atomic mass is 16.6. The Morgan fingerprint density at radius 1 is 1.20 bits per heavy atom. The number of aromatic nitrogens is 2. The Kier molecular flexibility index (Phi) is 5.09. The van der Waals surface area contributed by atoms with Gasteiger partial charge in [-0.05, 0) is 58.6 Å². The molecular weight excluding hydrogens is 318 g/mol. The van der Waals surface area contributed by atoms with Gasteiger partial charge in [0.1, 0.15) is 5.76 Å². The van der Waals surface area contributed by atoms with Gasteiger partial charge in [-0.3, -0.25) is 4.79 Å². The van der Waals surface area contributed by atoms with Crippen LogP contribution >= 0.6 is 0 Å². The summed E-state index contributed by atoms with van der Waals surface area (Å²) in [5.74, 6) is 0.563. The van der Waals surface area contributed by atoms with Gasteiger partial charge in [0, 0.05) is 11.6 Å². The molecule has 1 aromatic carbocycles. The number of furan rings is 1. The summed E-state index contributed by atoms with van der Waals surface area (Å²) in [5.41, 5.74) is 3.76. The van der Waals surface area contributed by atoms with E-state index in [0.29, 0.717) is 17.3 Å². The zero-order chi connectivity index (χ0) is 17.6. The number of nitrogens with zero attached hydrogens (tertiary/aromatic N) is 2. The highest BCUT2D eigenvalue weighted by Crippen LogP contribution is 2.29. The molecule has 128 valence electrons. The second kappa shape index (κ2) is 7.61. The van der Waals surface area contributed by atoms with Crippen LogP contribution in [0.5, 0.6) is 0 Å². The molecule has 0 bridgehead atoms. The minimum absolute atomic E-state index is 0.303. The van der Waals surface area contributed by atoms with Gasteiger partial charge in [0.15, 0.2) is 5.69 Å². The van der Waals surface area contributed by atoms with E-state index in [9.17, 15) is 4.79 Å². The van der Waals surface area contributed by atoms with E-state index in [1.807, 2.05) is 0 Å². The SMILES string of the molecule is CCc1ccc(CC)c(-c2nonc2NC(=O)/C=C/c2ccco2)c1. The van der Waals surface area contributed by atoms with Crippen molar-refractivity contribution in [2.45, 2.75) is 26.7 Å². The van der Waals surface area contributed by atoms with E-state index in [2.05, 4.69) is 47.7 Å². The molecule has 0 unspecified atom stereocenters. The van der Waals surface area contributed by atoms with Crippen LogP contribution in [-0.2, 0) is 17.6 Å². The van der Waals surface area contributed by atoms with Crippen molar-refractivity contribution >= 4 is 17.8 Å². The Balaban J connectivity index is 1.84. The largest absolute Gasteiger partial charge is 0.465 e. The number of amides is 1. The molecule has 0 fully saturated rings. The Morgan fingerprint density at radius 3 is 2.80 bits per heavy atom. The first kappa shape index (κ1) is 16.7. The fourth-order valence-electron chi connectivity index (χ4n) is 2.52. The molecule has 0 atom stereocenters. The zero-order valence-corrected chi connectivity index (χ0v) is 14.2. The number of carbonyl (C=O) groups excluding carboxylic acids is 1. The molecule has 0 aliphatic carbocycles. The van der Waals surface area contributed by atoms with Gasteiger partial charge in [-0.25, -0.2) is 4.63 Å². The lowest BCUT2D eigenvalue weighted by Crippen LogP contribution is -2.09. The van der Waals surface area contributed by atoms with Gasteiger partial charge in [-0.1, -0.05) is 26.0 Å². The number of hydrogen-bond donors (Lipinski definition) is 1. The van der Waals surface area contributed by atoms with Crippen LogP contribution in [0.2, 0.25) is 0 Å². The minimum Gasteiger partial charge on any atom is -0.465 e. The summed E-state index contributed by atoms with van der Waals surface area (Å²) >= 11 is 0. The van der Waals surface area contributed by atoms with Gasteiger partial charge in [0.25, 0.3) is 0 Å². The summed E-state index contributed by atoms with van der Waals surface area (Å²) in [4.78, 5) is 12.1. The fourth-order valence-corrected chi connectivity index (χ4v) is 2.52. The summed E-state index contributed by atoms with van der Waals surface area (Å²) in [5, 5.41) is 10.5. The second-order valence-electron chi connectivity index (χ2n) is 5.50. The van der Waals surface area contributed by atoms with Crippen molar-refractivity contribution in [3.63, 3.8) is 0 Å². The lowest BCUT2D eigenvalue weighted by Gasteiger charge is -2.08. The molecule has 6 nitrogen and oxygen atoms in total. The maximum atomic E-state index is 12.1. The normalized spacial score (nSPS) is 11.1. The molecular formula is C19H19N3O3. The molecule has 0 spiro atoms. The van der Waals surface area contributed by atoms with Crippen LogP contribution in [0.1, 0.15) is 30.7 Å². The third kappa shape index (κ3) is 3.85. The van der Waals surface area contributed by atoms with E-state index in [4.69, 9.17) is 9.05 Å². The van der Waals surface area contributed by atoms with Crippen molar-refractivity contribution in [1.82, 2.24) is 10.3 Å². The average molecular weight is 337 g/mol.